The van der Waals surface area contributed by atoms with Crippen LogP contribution in [-0.2, 0) is 29.9 Å². The number of benzene rings is 3. The first-order chi connectivity index (χ1) is 24.6. The molecular weight excluding hydrogens is 699 g/mol. The van der Waals surface area contributed by atoms with Crippen LogP contribution in [0.25, 0.3) is 17.0 Å². The van der Waals surface area contributed by atoms with Crippen LogP contribution < -0.4 is 5.32 Å². The Bertz CT molecular complexity index is 1890. The number of para-hydroxylation sites is 1. The molecule has 1 saturated heterocycles. The number of rotatable bonds is 8. The van der Waals surface area contributed by atoms with Gasteiger partial charge in [0.1, 0.15) is 5.69 Å². The van der Waals surface area contributed by atoms with Crippen LogP contribution >= 0.6 is 0 Å². The van der Waals surface area contributed by atoms with Gasteiger partial charge in [0.15, 0.2) is 0 Å². The number of halogens is 9. The summed E-state index contributed by atoms with van der Waals surface area (Å²) in [6.07, 6.45) is -5.45. The van der Waals surface area contributed by atoms with Gasteiger partial charge in [-0.1, -0.05) is 49.2 Å². The molecule has 1 aliphatic heterocycles. The molecule has 6 rings (SSSR count). The van der Waals surface area contributed by atoms with Gasteiger partial charge in [-0.15, -0.1) is 0 Å². The molecule has 1 N–H and O–H groups in total. The average molecular weight is 735 g/mol. The lowest BCUT2D eigenvalue weighted by atomic mass is 9.99. The van der Waals surface area contributed by atoms with E-state index in [0.29, 0.717) is 35.0 Å². The molecule has 0 atom stereocenters. The summed E-state index contributed by atoms with van der Waals surface area (Å²) in [7, 11) is 0. The number of aromatic nitrogens is 1. The number of alkyl halides is 9. The monoisotopic (exact) mass is 734 g/mol. The summed E-state index contributed by atoms with van der Waals surface area (Å²) in [5.74, 6) is -0.329. The molecule has 52 heavy (non-hydrogen) atoms. The molecule has 5 nitrogen and oxygen atoms in total. The van der Waals surface area contributed by atoms with E-state index in [2.05, 4.69) is 15.2 Å². The molecule has 2 heterocycles. The second-order valence-electron chi connectivity index (χ2n) is 13.2. The smallest absolute Gasteiger partial charge is 0.355 e. The van der Waals surface area contributed by atoms with Crippen molar-refractivity contribution < 1.29 is 44.3 Å². The van der Waals surface area contributed by atoms with Crippen molar-refractivity contribution in [2.24, 2.45) is 0 Å². The number of pyridine rings is 1. The van der Waals surface area contributed by atoms with Gasteiger partial charge in [0.25, 0.3) is 0 Å². The number of anilines is 2. The van der Waals surface area contributed by atoms with Gasteiger partial charge >= 0.3 is 18.5 Å². The van der Waals surface area contributed by atoms with Crippen molar-refractivity contribution in [3.8, 4) is 0 Å². The summed E-state index contributed by atoms with van der Waals surface area (Å²) in [4.78, 5) is 21.2. The molecule has 3 aromatic carbocycles. The zero-order valence-corrected chi connectivity index (χ0v) is 27.8. The number of carbonyl (C=O) groups excluding carboxylic acids is 1. The Morgan fingerprint density at radius 1 is 0.808 bits per heavy atom. The van der Waals surface area contributed by atoms with Crippen molar-refractivity contribution in [1.82, 2.24) is 14.8 Å². The normalized spacial score (nSPS) is 16.9. The lowest BCUT2D eigenvalue weighted by Gasteiger charge is -2.40. The number of nitrogens with zero attached hydrogens (tertiary/aromatic N) is 3. The van der Waals surface area contributed by atoms with Gasteiger partial charge in [0, 0.05) is 48.9 Å². The minimum absolute atomic E-state index is 0.119. The molecular formula is C38H35F9N4O. The molecule has 2 fully saturated rings. The van der Waals surface area contributed by atoms with Crippen LogP contribution in [-0.4, -0.2) is 45.9 Å². The Balaban J connectivity index is 1.23. The van der Waals surface area contributed by atoms with Crippen LogP contribution in [0.4, 0.5) is 50.9 Å². The first kappa shape index (κ1) is 37.2. The highest BCUT2D eigenvalue weighted by atomic mass is 19.4. The third kappa shape index (κ3) is 8.71. The number of amides is 1. The molecule has 1 aliphatic carbocycles. The number of nitrogens with one attached hydrogen (secondary N) is 1. The molecule has 1 amide bonds. The van der Waals surface area contributed by atoms with E-state index in [-0.39, 0.29) is 29.6 Å². The van der Waals surface area contributed by atoms with E-state index in [4.69, 9.17) is 0 Å². The fraction of sp³-hybridized carbons (Fsp3) is 0.368. The Morgan fingerprint density at radius 2 is 1.46 bits per heavy atom. The number of fused-ring (bicyclic) bond motifs is 1. The van der Waals surface area contributed by atoms with Crippen LogP contribution in [0.2, 0.25) is 0 Å². The van der Waals surface area contributed by atoms with Gasteiger partial charge < -0.3 is 15.1 Å². The summed E-state index contributed by atoms with van der Waals surface area (Å²) in [6, 6.07) is 15.1. The highest BCUT2D eigenvalue weighted by Gasteiger charge is 2.38. The van der Waals surface area contributed by atoms with Crippen molar-refractivity contribution in [2.75, 3.05) is 18.4 Å². The van der Waals surface area contributed by atoms with Crippen molar-refractivity contribution in [3.63, 3.8) is 0 Å². The Hall–Kier alpha value is -4.59. The third-order valence-electron chi connectivity index (χ3n) is 9.74. The summed E-state index contributed by atoms with van der Waals surface area (Å²) in [6.45, 7) is 1.82. The minimum Gasteiger partial charge on any atom is -0.355 e. The number of hydrogen-bond donors (Lipinski definition) is 1. The second kappa shape index (κ2) is 14.8. The van der Waals surface area contributed by atoms with Crippen LogP contribution in [0.5, 0.6) is 0 Å². The van der Waals surface area contributed by atoms with Crippen molar-refractivity contribution in [1.29, 1.82) is 0 Å². The van der Waals surface area contributed by atoms with Gasteiger partial charge in [-0.25, -0.2) is 4.98 Å². The topological polar surface area (TPSA) is 48.5 Å². The van der Waals surface area contributed by atoms with Crippen molar-refractivity contribution in [2.45, 2.75) is 75.7 Å². The highest BCUT2D eigenvalue weighted by molar-refractivity contribution is 5.95. The SMILES string of the molecule is O=C(C=Cc1ccc(C(F)(F)F)cc1)N(Cc1ccc(Nc2cc(C(F)(F)F)nc3c(C(F)(F)F)cccc23)cc1)C1CCN(C2CCCC2)CC1. The Kier molecular flexibility index (Phi) is 10.6. The predicted molar refractivity (Wildman–Crippen MR) is 179 cm³/mol. The minimum atomic E-state index is -5.00. The quantitative estimate of drug-likeness (QED) is 0.145. The molecule has 1 aromatic heterocycles. The molecule has 4 aromatic rings. The summed E-state index contributed by atoms with van der Waals surface area (Å²) >= 11 is 0. The summed E-state index contributed by atoms with van der Waals surface area (Å²) in [5, 5.41) is 2.67. The van der Waals surface area contributed by atoms with Gasteiger partial charge in [-0.3, -0.25) is 4.79 Å². The molecule has 0 radical (unpaired) electrons. The summed E-state index contributed by atoms with van der Waals surface area (Å²) in [5.41, 5.74) is -3.20. The summed E-state index contributed by atoms with van der Waals surface area (Å²) < 4.78 is 121. The fourth-order valence-corrected chi connectivity index (χ4v) is 7.04. The maximum absolute atomic E-state index is 13.7. The first-order valence-electron chi connectivity index (χ1n) is 16.9. The predicted octanol–water partition coefficient (Wildman–Crippen LogP) is 10.5. The maximum atomic E-state index is 13.7. The fourth-order valence-electron chi connectivity index (χ4n) is 7.04. The molecule has 276 valence electrons. The lowest BCUT2D eigenvalue weighted by molar-refractivity contribution is -0.142. The Labute approximate surface area is 294 Å². The molecule has 0 bridgehead atoms. The van der Waals surface area contributed by atoms with Gasteiger partial charge in [-0.05, 0) is 79.3 Å². The second-order valence-corrected chi connectivity index (χ2v) is 13.2. The van der Waals surface area contributed by atoms with Crippen LogP contribution in [0.1, 0.15) is 66.5 Å². The standard InChI is InChI=1S/C38H35F9N4O/c39-36(40,41)26-13-8-24(9-14-26)12-17-34(52)51(29-18-20-50(21-19-29)28-4-1-2-5-28)23-25-10-15-27(16-11-25)48-32-22-33(38(45,46)47)49-35-30(32)6-3-7-31(35)37(42,43)44/h3,6-17,22,28-29H,1-2,4-5,18-21,23H2,(H,48,49). The number of piperidine rings is 1. The van der Waals surface area contributed by atoms with E-state index in [9.17, 15) is 44.3 Å². The van der Waals surface area contributed by atoms with E-state index in [0.717, 1.165) is 57.0 Å². The van der Waals surface area contributed by atoms with Crippen molar-refractivity contribution >= 4 is 34.3 Å². The maximum Gasteiger partial charge on any atom is 0.433 e. The lowest BCUT2D eigenvalue weighted by Crippen LogP contribution is -2.48. The van der Waals surface area contributed by atoms with Gasteiger partial charge in [0.2, 0.25) is 5.91 Å². The third-order valence-corrected chi connectivity index (χ3v) is 9.74. The molecule has 2 aliphatic rings. The average Bonchev–Trinajstić information content (AvgIpc) is 3.64. The van der Waals surface area contributed by atoms with E-state index in [1.807, 2.05) is 0 Å². The largest absolute Gasteiger partial charge is 0.433 e. The number of hydrogen-bond acceptors (Lipinski definition) is 4. The van der Waals surface area contributed by atoms with E-state index in [1.54, 1.807) is 29.2 Å². The van der Waals surface area contributed by atoms with Gasteiger partial charge in [0.05, 0.1) is 22.3 Å². The Morgan fingerprint density at radius 3 is 2.06 bits per heavy atom. The van der Waals surface area contributed by atoms with Crippen LogP contribution in [0.15, 0.2) is 78.9 Å². The van der Waals surface area contributed by atoms with E-state index in [1.165, 1.54) is 43.2 Å². The van der Waals surface area contributed by atoms with Crippen molar-refractivity contribution in [3.05, 3.63) is 107 Å². The zero-order valence-electron chi connectivity index (χ0n) is 27.8. The molecule has 1 saturated carbocycles. The van der Waals surface area contributed by atoms with Crippen LogP contribution in [0.3, 0.4) is 0 Å². The number of likely N-dealkylation sites (tertiary alicyclic amines) is 1. The van der Waals surface area contributed by atoms with Gasteiger partial charge in [-0.2, -0.15) is 39.5 Å². The molecule has 14 heteroatoms. The first-order valence-corrected chi connectivity index (χ1v) is 16.9. The number of carbonyl (C=O) groups is 1. The molecule has 0 unspecified atom stereocenters. The van der Waals surface area contributed by atoms with E-state index >= 15 is 0 Å². The highest BCUT2D eigenvalue weighted by Crippen LogP contribution is 2.40. The van der Waals surface area contributed by atoms with E-state index < -0.39 is 40.9 Å². The zero-order chi connectivity index (χ0) is 37.3. The van der Waals surface area contributed by atoms with Crippen LogP contribution in [0, 0.1) is 0 Å². The molecule has 0 spiro atoms.